The van der Waals surface area contributed by atoms with Gasteiger partial charge >= 0.3 is 0 Å². The summed E-state index contributed by atoms with van der Waals surface area (Å²) in [5, 5.41) is 11.8. The zero-order valence-electron chi connectivity index (χ0n) is 19.5. The molecule has 5 rings (SSSR count). The van der Waals surface area contributed by atoms with Gasteiger partial charge in [-0.15, -0.1) is 21.5 Å². The third kappa shape index (κ3) is 5.38. The molecule has 0 spiro atoms. The lowest BCUT2D eigenvalue weighted by Gasteiger charge is -2.38. The lowest BCUT2D eigenvalue weighted by atomic mass is 10.1. The quantitative estimate of drug-likeness (QED) is 0.435. The van der Waals surface area contributed by atoms with E-state index < -0.39 is 0 Å². The van der Waals surface area contributed by atoms with Crippen LogP contribution in [0.3, 0.4) is 0 Å². The molecule has 1 amide bonds. The number of benzene rings is 1. The Morgan fingerprint density at radius 3 is 2.68 bits per heavy atom. The van der Waals surface area contributed by atoms with Crippen molar-refractivity contribution in [1.29, 1.82) is 0 Å². The van der Waals surface area contributed by atoms with E-state index in [1.807, 2.05) is 11.0 Å². The van der Waals surface area contributed by atoms with Gasteiger partial charge in [-0.05, 0) is 36.8 Å². The molecule has 2 fully saturated rings. The fourth-order valence-corrected chi connectivity index (χ4v) is 6.23. The topological polar surface area (TPSA) is 63.5 Å². The van der Waals surface area contributed by atoms with E-state index >= 15 is 0 Å². The normalized spacial score (nSPS) is 20.0. The summed E-state index contributed by atoms with van der Waals surface area (Å²) in [4.78, 5) is 18.6. The zero-order chi connectivity index (χ0) is 23.3. The average Bonchev–Trinajstić information content (AvgIpc) is 3.66. The Bertz CT molecular complexity index is 1060. The molecule has 0 aliphatic carbocycles. The van der Waals surface area contributed by atoms with Crippen LogP contribution in [0.1, 0.15) is 31.4 Å². The number of piperazine rings is 1. The third-order valence-corrected chi connectivity index (χ3v) is 8.51. The van der Waals surface area contributed by atoms with E-state index in [1.165, 1.54) is 17.3 Å². The largest absolute Gasteiger partial charge is 0.376 e. The highest BCUT2D eigenvalue weighted by molar-refractivity contribution is 7.99. The number of thiophene rings is 1. The van der Waals surface area contributed by atoms with Crippen molar-refractivity contribution in [1.82, 2.24) is 24.6 Å². The van der Waals surface area contributed by atoms with Gasteiger partial charge in [0.1, 0.15) is 0 Å². The maximum Gasteiger partial charge on any atom is 0.233 e. The summed E-state index contributed by atoms with van der Waals surface area (Å²) in [5.41, 5.74) is 1.32. The van der Waals surface area contributed by atoms with E-state index in [2.05, 4.69) is 68.4 Å². The Morgan fingerprint density at radius 2 is 1.97 bits per heavy atom. The predicted molar refractivity (Wildman–Crippen MR) is 136 cm³/mol. The van der Waals surface area contributed by atoms with Gasteiger partial charge in [0, 0.05) is 38.8 Å². The van der Waals surface area contributed by atoms with Crippen molar-refractivity contribution in [2.24, 2.45) is 0 Å². The predicted octanol–water partition coefficient (Wildman–Crippen LogP) is 4.18. The molecule has 2 saturated heterocycles. The number of ether oxygens (including phenoxy) is 1. The van der Waals surface area contributed by atoms with Crippen LogP contribution in [-0.2, 0) is 16.1 Å². The first-order valence-corrected chi connectivity index (χ1v) is 13.8. The van der Waals surface area contributed by atoms with Gasteiger partial charge in [0.05, 0.1) is 23.3 Å². The number of hydrogen-bond donors (Lipinski definition) is 0. The summed E-state index contributed by atoms with van der Waals surface area (Å²) in [7, 11) is 0. The summed E-state index contributed by atoms with van der Waals surface area (Å²) < 4.78 is 8.01. The van der Waals surface area contributed by atoms with E-state index in [1.54, 1.807) is 11.3 Å². The van der Waals surface area contributed by atoms with Crippen molar-refractivity contribution in [2.45, 2.75) is 43.6 Å². The summed E-state index contributed by atoms with van der Waals surface area (Å²) >= 11 is 3.14. The van der Waals surface area contributed by atoms with Crippen LogP contribution in [0.2, 0.25) is 0 Å². The van der Waals surface area contributed by atoms with Crippen LogP contribution in [0, 0.1) is 0 Å². The minimum atomic E-state index is 0.168. The van der Waals surface area contributed by atoms with Gasteiger partial charge in [0.2, 0.25) is 5.91 Å². The van der Waals surface area contributed by atoms with Crippen LogP contribution in [0.5, 0.6) is 0 Å². The van der Waals surface area contributed by atoms with Crippen LogP contribution in [0.4, 0.5) is 0 Å². The number of amides is 1. The number of carbonyl (C=O) groups is 1. The fraction of sp³-hybridized carbons (Fsp3) is 0.480. The highest BCUT2D eigenvalue weighted by Gasteiger charge is 2.26. The molecule has 180 valence electrons. The minimum absolute atomic E-state index is 0.168. The Morgan fingerprint density at radius 1 is 1.15 bits per heavy atom. The van der Waals surface area contributed by atoms with E-state index in [9.17, 15) is 4.79 Å². The van der Waals surface area contributed by atoms with Gasteiger partial charge in [-0.2, -0.15) is 0 Å². The fourth-order valence-electron chi connectivity index (χ4n) is 4.66. The molecule has 0 radical (unpaired) electrons. The van der Waals surface area contributed by atoms with Crippen LogP contribution in [0.25, 0.3) is 10.7 Å². The second-order valence-electron chi connectivity index (χ2n) is 8.82. The first-order chi connectivity index (χ1) is 16.7. The molecule has 2 aromatic heterocycles. The Balaban J connectivity index is 1.19. The standard InChI is InChI=1S/C25H31N5O2S2/c1-19(20-7-3-2-4-8-20)28-11-13-29(14-12-28)23(31)18-34-25-27-26-24(22-10-6-16-33-22)30(25)17-21-9-5-15-32-21/h2-4,6-8,10,16,19,21H,5,9,11-15,17-18H2,1H3/t19-,21-/m0/s1. The number of thioether (sulfide) groups is 1. The van der Waals surface area contributed by atoms with Gasteiger partial charge < -0.3 is 9.64 Å². The smallest absolute Gasteiger partial charge is 0.233 e. The monoisotopic (exact) mass is 497 g/mol. The van der Waals surface area contributed by atoms with Crippen LogP contribution < -0.4 is 0 Å². The second kappa shape index (κ2) is 11.0. The highest BCUT2D eigenvalue weighted by atomic mass is 32.2. The first-order valence-electron chi connectivity index (χ1n) is 12.0. The summed E-state index contributed by atoms with van der Waals surface area (Å²) in [6, 6.07) is 15.0. The Hall–Kier alpha value is -2.20. The van der Waals surface area contributed by atoms with Gasteiger partial charge in [-0.25, -0.2) is 0 Å². The minimum Gasteiger partial charge on any atom is -0.376 e. The SMILES string of the molecule is C[C@@H](c1ccccc1)N1CCN(C(=O)CSc2nnc(-c3cccs3)n2C[C@@H]2CCCO2)CC1. The van der Waals surface area contributed by atoms with Crippen molar-refractivity contribution in [2.75, 3.05) is 38.5 Å². The number of hydrogen-bond acceptors (Lipinski definition) is 7. The number of aromatic nitrogens is 3. The highest BCUT2D eigenvalue weighted by Crippen LogP contribution is 2.29. The zero-order valence-corrected chi connectivity index (χ0v) is 21.1. The summed E-state index contributed by atoms with van der Waals surface area (Å²) in [6.07, 6.45) is 2.33. The maximum absolute atomic E-state index is 13.0. The lowest BCUT2D eigenvalue weighted by Crippen LogP contribution is -2.49. The molecular weight excluding hydrogens is 466 g/mol. The van der Waals surface area contributed by atoms with Crippen molar-refractivity contribution >= 4 is 29.0 Å². The van der Waals surface area contributed by atoms with Gasteiger partial charge in [0.25, 0.3) is 0 Å². The van der Waals surface area contributed by atoms with Crippen molar-refractivity contribution < 1.29 is 9.53 Å². The molecule has 2 atom stereocenters. The lowest BCUT2D eigenvalue weighted by molar-refractivity contribution is -0.130. The maximum atomic E-state index is 13.0. The van der Waals surface area contributed by atoms with E-state index in [0.717, 1.165) is 68.0 Å². The summed E-state index contributed by atoms with van der Waals surface area (Å²) in [6.45, 7) is 7.10. The molecule has 1 aromatic carbocycles. The molecule has 2 aliphatic heterocycles. The molecule has 0 N–H and O–H groups in total. The van der Waals surface area contributed by atoms with Crippen LogP contribution in [-0.4, -0.2) is 75.1 Å². The molecule has 2 aliphatic rings. The van der Waals surface area contributed by atoms with Gasteiger partial charge in [-0.1, -0.05) is 48.2 Å². The van der Waals surface area contributed by atoms with Crippen molar-refractivity contribution in [3.8, 4) is 10.7 Å². The first kappa shape index (κ1) is 23.5. The van der Waals surface area contributed by atoms with Gasteiger partial charge in [0.15, 0.2) is 11.0 Å². The van der Waals surface area contributed by atoms with Crippen LogP contribution in [0.15, 0.2) is 53.0 Å². The van der Waals surface area contributed by atoms with E-state index in [0.29, 0.717) is 11.8 Å². The molecule has 4 heterocycles. The second-order valence-corrected chi connectivity index (χ2v) is 10.7. The molecule has 0 bridgehead atoms. The number of carbonyl (C=O) groups excluding carboxylic acids is 1. The number of rotatable bonds is 8. The average molecular weight is 498 g/mol. The molecule has 7 nitrogen and oxygen atoms in total. The molecule has 9 heteroatoms. The van der Waals surface area contributed by atoms with Crippen molar-refractivity contribution in [3.05, 3.63) is 53.4 Å². The van der Waals surface area contributed by atoms with E-state index in [-0.39, 0.29) is 12.0 Å². The molecular formula is C25H31N5O2S2. The molecule has 34 heavy (non-hydrogen) atoms. The number of nitrogens with zero attached hydrogens (tertiary/aromatic N) is 5. The third-order valence-electron chi connectivity index (χ3n) is 6.69. The molecule has 0 saturated carbocycles. The van der Waals surface area contributed by atoms with E-state index in [4.69, 9.17) is 4.74 Å². The Kier molecular flexibility index (Phi) is 7.63. The van der Waals surface area contributed by atoms with Crippen LogP contribution >= 0.6 is 23.1 Å². The van der Waals surface area contributed by atoms with Gasteiger partial charge in [-0.3, -0.25) is 14.3 Å². The molecule has 3 aromatic rings. The summed E-state index contributed by atoms with van der Waals surface area (Å²) in [5.74, 6) is 1.41. The Labute approximate surface area is 209 Å². The molecule has 0 unspecified atom stereocenters. The van der Waals surface area contributed by atoms with Crippen molar-refractivity contribution in [3.63, 3.8) is 0 Å².